The first kappa shape index (κ1) is 15.6. The van der Waals surface area contributed by atoms with Crippen molar-refractivity contribution in [1.82, 2.24) is 9.97 Å². The molecule has 1 aliphatic heterocycles. The molecule has 0 amide bonds. The summed E-state index contributed by atoms with van der Waals surface area (Å²) in [5, 5.41) is 0. The molecular formula is C18H24N4O. The molecule has 0 bridgehead atoms. The van der Waals surface area contributed by atoms with Gasteiger partial charge in [0.2, 0.25) is 0 Å². The van der Waals surface area contributed by atoms with E-state index in [2.05, 4.69) is 51.9 Å². The third kappa shape index (κ3) is 3.55. The minimum atomic E-state index is 0.807. The molecule has 1 aromatic heterocycles. The number of ether oxygens (including phenoxy) is 1. The Kier molecular flexibility index (Phi) is 4.65. The maximum Gasteiger partial charge on any atom is 0.134 e. The zero-order chi connectivity index (χ0) is 16.2. The molecule has 0 spiro atoms. The van der Waals surface area contributed by atoms with Crippen LogP contribution in [0.25, 0.3) is 0 Å². The number of aryl methyl sites for hydroxylation is 1. The van der Waals surface area contributed by atoms with Crippen molar-refractivity contribution >= 4 is 11.6 Å². The van der Waals surface area contributed by atoms with Gasteiger partial charge >= 0.3 is 0 Å². The lowest BCUT2D eigenvalue weighted by molar-refractivity contribution is 0.411. The van der Waals surface area contributed by atoms with Crippen molar-refractivity contribution in [2.45, 2.75) is 26.3 Å². The summed E-state index contributed by atoms with van der Waals surface area (Å²) in [6.07, 6.45) is 4.17. The molecule has 1 aromatic carbocycles. The zero-order valence-electron chi connectivity index (χ0n) is 14.1. The molecule has 5 nitrogen and oxygen atoms in total. The average molecular weight is 312 g/mol. The molecule has 3 rings (SSSR count). The summed E-state index contributed by atoms with van der Waals surface area (Å²) in [6.45, 7) is 5.06. The number of methoxy groups -OCH3 is 1. The van der Waals surface area contributed by atoms with Gasteiger partial charge in [0.25, 0.3) is 0 Å². The molecule has 122 valence electrons. The summed E-state index contributed by atoms with van der Waals surface area (Å²) < 4.78 is 5.32. The minimum Gasteiger partial charge on any atom is -0.496 e. The molecule has 2 heterocycles. The fourth-order valence-electron chi connectivity index (χ4n) is 3.06. The smallest absolute Gasteiger partial charge is 0.134 e. The number of hydrogen-bond acceptors (Lipinski definition) is 5. The number of rotatable bonds is 5. The van der Waals surface area contributed by atoms with Gasteiger partial charge in [-0.25, -0.2) is 9.97 Å². The molecule has 1 fully saturated rings. The van der Waals surface area contributed by atoms with Crippen molar-refractivity contribution in [3.8, 4) is 5.75 Å². The lowest BCUT2D eigenvalue weighted by atomic mass is 10.1. The summed E-state index contributed by atoms with van der Waals surface area (Å²) in [5.41, 5.74) is 2.39. The highest BCUT2D eigenvalue weighted by atomic mass is 16.5. The summed E-state index contributed by atoms with van der Waals surface area (Å²) in [7, 11) is 3.77. The van der Waals surface area contributed by atoms with Crippen molar-refractivity contribution in [2.75, 3.05) is 37.0 Å². The quantitative estimate of drug-likeness (QED) is 0.849. The second kappa shape index (κ2) is 6.86. The van der Waals surface area contributed by atoms with Crippen LogP contribution in [-0.4, -0.2) is 37.2 Å². The first-order valence-corrected chi connectivity index (χ1v) is 8.09. The van der Waals surface area contributed by atoms with Gasteiger partial charge in [0.05, 0.1) is 7.11 Å². The van der Waals surface area contributed by atoms with Gasteiger partial charge < -0.3 is 14.5 Å². The molecular weight excluding hydrogens is 288 g/mol. The number of hydrogen-bond donors (Lipinski definition) is 0. The van der Waals surface area contributed by atoms with E-state index in [1.807, 2.05) is 6.07 Å². The van der Waals surface area contributed by atoms with Gasteiger partial charge in [-0.1, -0.05) is 12.1 Å². The van der Waals surface area contributed by atoms with E-state index in [-0.39, 0.29) is 0 Å². The van der Waals surface area contributed by atoms with Crippen LogP contribution in [0.3, 0.4) is 0 Å². The van der Waals surface area contributed by atoms with Crippen molar-refractivity contribution in [1.29, 1.82) is 0 Å². The van der Waals surface area contributed by atoms with Crippen molar-refractivity contribution in [3.05, 3.63) is 41.7 Å². The molecule has 0 radical (unpaired) electrons. The van der Waals surface area contributed by atoms with Crippen molar-refractivity contribution < 1.29 is 4.74 Å². The average Bonchev–Trinajstić information content (AvgIpc) is 3.10. The minimum absolute atomic E-state index is 0.807. The highest BCUT2D eigenvalue weighted by molar-refractivity contribution is 5.50. The fourth-order valence-corrected chi connectivity index (χ4v) is 3.06. The van der Waals surface area contributed by atoms with Gasteiger partial charge in [-0.15, -0.1) is 0 Å². The summed E-state index contributed by atoms with van der Waals surface area (Å²) >= 11 is 0. The zero-order valence-corrected chi connectivity index (χ0v) is 14.1. The van der Waals surface area contributed by atoms with Crippen LogP contribution in [0, 0.1) is 6.92 Å². The monoisotopic (exact) mass is 312 g/mol. The van der Waals surface area contributed by atoms with Gasteiger partial charge in [-0.3, -0.25) is 0 Å². The number of nitrogens with zero attached hydrogens (tertiary/aromatic N) is 4. The Morgan fingerprint density at radius 1 is 1.17 bits per heavy atom. The second-order valence-corrected chi connectivity index (χ2v) is 6.09. The summed E-state index contributed by atoms with van der Waals surface area (Å²) in [5.74, 6) is 2.91. The Morgan fingerprint density at radius 3 is 2.65 bits per heavy atom. The SMILES string of the molecule is COc1ccc(CN(C)c2cc(N3CCCC3)ncn2)cc1C. The van der Waals surface area contributed by atoms with Crippen LogP contribution < -0.4 is 14.5 Å². The Hall–Kier alpha value is -2.30. The summed E-state index contributed by atoms with van der Waals surface area (Å²) in [6, 6.07) is 8.37. The topological polar surface area (TPSA) is 41.5 Å². The molecule has 0 saturated carbocycles. The molecule has 23 heavy (non-hydrogen) atoms. The van der Waals surface area contributed by atoms with E-state index in [0.29, 0.717) is 0 Å². The summed E-state index contributed by atoms with van der Waals surface area (Å²) in [4.78, 5) is 13.3. The third-order valence-corrected chi connectivity index (χ3v) is 4.34. The number of benzene rings is 1. The highest BCUT2D eigenvalue weighted by Crippen LogP contribution is 2.23. The fraction of sp³-hybridized carbons (Fsp3) is 0.444. The normalized spacial score (nSPS) is 14.1. The molecule has 0 atom stereocenters. The van der Waals surface area contributed by atoms with Gasteiger partial charge in [-0.05, 0) is 37.0 Å². The lowest BCUT2D eigenvalue weighted by Gasteiger charge is -2.21. The van der Waals surface area contributed by atoms with Crippen molar-refractivity contribution in [3.63, 3.8) is 0 Å². The van der Waals surface area contributed by atoms with Crippen LogP contribution in [0.4, 0.5) is 11.6 Å². The van der Waals surface area contributed by atoms with Crippen LogP contribution in [0.2, 0.25) is 0 Å². The van der Waals surface area contributed by atoms with E-state index in [1.54, 1.807) is 13.4 Å². The van der Waals surface area contributed by atoms with Crippen LogP contribution in [-0.2, 0) is 6.54 Å². The van der Waals surface area contributed by atoms with Gasteiger partial charge in [-0.2, -0.15) is 0 Å². The Balaban J connectivity index is 1.73. The molecule has 0 unspecified atom stereocenters. The Bertz CT molecular complexity index is 668. The molecule has 0 N–H and O–H groups in total. The maximum absolute atomic E-state index is 5.32. The van der Waals surface area contributed by atoms with Gasteiger partial charge in [0, 0.05) is 32.7 Å². The number of aromatic nitrogens is 2. The lowest BCUT2D eigenvalue weighted by Crippen LogP contribution is -2.22. The largest absolute Gasteiger partial charge is 0.496 e. The molecule has 1 aliphatic rings. The van der Waals surface area contributed by atoms with E-state index in [4.69, 9.17) is 4.74 Å². The predicted molar refractivity (Wildman–Crippen MR) is 93.3 cm³/mol. The van der Waals surface area contributed by atoms with E-state index in [9.17, 15) is 0 Å². The standard InChI is InChI=1S/C18H24N4O/c1-14-10-15(6-7-16(14)23-3)12-21(2)17-11-18(20-13-19-17)22-8-4-5-9-22/h6-7,10-11,13H,4-5,8-9,12H2,1-3H3. The van der Waals surface area contributed by atoms with E-state index in [0.717, 1.165) is 42.6 Å². The van der Waals surface area contributed by atoms with Crippen LogP contribution in [0.1, 0.15) is 24.0 Å². The highest BCUT2D eigenvalue weighted by Gasteiger charge is 2.15. The molecule has 0 aliphatic carbocycles. The second-order valence-electron chi connectivity index (χ2n) is 6.09. The van der Waals surface area contributed by atoms with Crippen LogP contribution >= 0.6 is 0 Å². The third-order valence-electron chi connectivity index (χ3n) is 4.34. The van der Waals surface area contributed by atoms with Gasteiger partial charge in [0.15, 0.2) is 0 Å². The number of anilines is 2. The molecule has 1 saturated heterocycles. The van der Waals surface area contributed by atoms with Crippen LogP contribution in [0.5, 0.6) is 5.75 Å². The Labute approximate surface area is 137 Å². The predicted octanol–water partition coefficient (Wildman–Crippen LogP) is 3.03. The van der Waals surface area contributed by atoms with E-state index >= 15 is 0 Å². The van der Waals surface area contributed by atoms with E-state index < -0.39 is 0 Å². The van der Waals surface area contributed by atoms with Gasteiger partial charge in [0.1, 0.15) is 23.7 Å². The molecule has 2 aromatic rings. The van der Waals surface area contributed by atoms with Crippen LogP contribution in [0.15, 0.2) is 30.6 Å². The van der Waals surface area contributed by atoms with E-state index in [1.165, 1.54) is 18.4 Å². The first-order valence-electron chi connectivity index (χ1n) is 8.09. The molecule has 5 heteroatoms. The maximum atomic E-state index is 5.32. The first-order chi connectivity index (χ1) is 11.2. The van der Waals surface area contributed by atoms with Crippen molar-refractivity contribution in [2.24, 2.45) is 0 Å². The Morgan fingerprint density at radius 2 is 1.96 bits per heavy atom.